The minimum Gasteiger partial charge on any atom is -0.354 e. The minimum atomic E-state index is 0.249. The van der Waals surface area contributed by atoms with Crippen LogP contribution in [0.4, 0.5) is 0 Å². The zero-order valence-corrected chi connectivity index (χ0v) is 14.7. The highest BCUT2D eigenvalue weighted by Crippen LogP contribution is 2.31. The molecule has 0 radical (unpaired) electrons. The molecule has 0 aromatic carbocycles. The first-order valence-electron chi connectivity index (χ1n) is 9.37. The fourth-order valence-electron chi connectivity index (χ4n) is 4.10. The summed E-state index contributed by atoms with van der Waals surface area (Å²) in [4.78, 5) is 28.9. The molecule has 0 bridgehead atoms. The first-order chi connectivity index (χ1) is 11.7. The molecule has 0 saturated carbocycles. The van der Waals surface area contributed by atoms with E-state index in [1.54, 1.807) is 0 Å². The van der Waals surface area contributed by atoms with Crippen molar-refractivity contribution < 1.29 is 9.59 Å². The molecule has 2 atom stereocenters. The van der Waals surface area contributed by atoms with Gasteiger partial charge < -0.3 is 14.4 Å². The van der Waals surface area contributed by atoms with Crippen LogP contribution in [0.3, 0.4) is 0 Å². The summed E-state index contributed by atoms with van der Waals surface area (Å²) in [6, 6.07) is 4.33. The van der Waals surface area contributed by atoms with Crippen LogP contribution in [0.15, 0.2) is 24.5 Å². The van der Waals surface area contributed by atoms with E-state index in [0.717, 1.165) is 51.9 Å². The number of piperidine rings is 2. The summed E-state index contributed by atoms with van der Waals surface area (Å²) in [5, 5.41) is 0. The number of carbonyl (C=O) groups excluding carboxylic acids is 2. The first kappa shape index (κ1) is 17.1. The van der Waals surface area contributed by atoms with Gasteiger partial charge in [0.25, 0.3) is 0 Å². The molecule has 5 heteroatoms. The summed E-state index contributed by atoms with van der Waals surface area (Å²) >= 11 is 0. The average Bonchev–Trinajstić information content (AvgIpc) is 3.12. The van der Waals surface area contributed by atoms with Crippen molar-refractivity contribution in [2.75, 3.05) is 19.6 Å². The molecule has 0 aliphatic carbocycles. The molecule has 0 unspecified atom stereocenters. The molecule has 24 heavy (non-hydrogen) atoms. The van der Waals surface area contributed by atoms with Crippen molar-refractivity contribution in [1.82, 2.24) is 14.4 Å². The zero-order chi connectivity index (χ0) is 16.9. The maximum atomic E-state index is 12.5. The summed E-state index contributed by atoms with van der Waals surface area (Å²) in [5.74, 6) is 1.03. The van der Waals surface area contributed by atoms with E-state index < -0.39 is 0 Å². The first-order valence-corrected chi connectivity index (χ1v) is 9.37. The highest BCUT2D eigenvalue weighted by atomic mass is 16.2. The average molecular weight is 331 g/mol. The molecule has 1 aromatic heterocycles. The van der Waals surface area contributed by atoms with Crippen LogP contribution in [0.2, 0.25) is 0 Å². The second-order valence-electron chi connectivity index (χ2n) is 7.11. The quantitative estimate of drug-likeness (QED) is 0.804. The Hall–Kier alpha value is -1.78. The Bertz CT molecular complexity index is 555. The molecule has 0 spiro atoms. The molecule has 2 saturated heterocycles. The van der Waals surface area contributed by atoms with Gasteiger partial charge in [-0.05, 0) is 37.3 Å². The Morgan fingerprint density at radius 3 is 2.75 bits per heavy atom. The van der Waals surface area contributed by atoms with Gasteiger partial charge in [0.05, 0.1) is 0 Å². The van der Waals surface area contributed by atoms with Gasteiger partial charge in [0.15, 0.2) is 0 Å². The zero-order valence-electron chi connectivity index (χ0n) is 14.7. The third kappa shape index (κ3) is 3.82. The predicted octanol–water partition coefficient (Wildman–Crippen LogP) is 2.52. The van der Waals surface area contributed by atoms with Gasteiger partial charge in [0.2, 0.25) is 11.8 Å². The molecular weight excluding hydrogens is 302 g/mol. The summed E-state index contributed by atoms with van der Waals surface area (Å²) < 4.78 is 2.05. The number of unbranched alkanes of at least 4 members (excludes halogenated alkanes) is 1. The lowest BCUT2D eigenvalue weighted by Crippen LogP contribution is -2.57. The lowest BCUT2D eigenvalue weighted by atomic mass is 9.83. The number of hydrogen-bond donors (Lipinski definition) is 0. The van der Waals surface area contributed by atoms with Crippen LogP contribution in [0.25, 0.3) is 0 Å². The van der Waals surface area contributed by atoms with Crippen molar-refractivity contribution >= 4 is 11.8 Å². The molecule has 2 aliphatic rings. The normalized spacial score (nSPS) is 24.1. The number of hydrogen-bond acceptors (Lipinski definition) is 2. The Labute approximate surface area is 144 Å². The van der Waals surface area contributed by atoms with Crippen LogP contribution >= 0.6 is 0 Å². The van der Waals surface area contributed by atoms with Gasteiger partial charge in [-0.1, -0.05) is 13.3 Å². The van der Waals surface area contributed by atoms with E-state index in [9.17, 15) is 9.59 Å². The number of fused-ring (bicyclic) bond motifs is 1. The highest BCUT2D eigenvalue weighted by molar-refractivity contribution is 5.78. The van der Waals surface area contributed by atoms with E-state index in [2.05, 4.69) is 16.4 Å². The van der Waals surface area contributed by atoms with Crippen LogP contribution in [0.5, 0.6) is 0 Å². The van der Waals surface area contributed by atoms with Gasteiger partial charge >= 0.3 is 0 Å². The topological polar surface area (TPSA) is 45.6 Å². The van der Waals surface area contributed by atoms with Crippen LogP contribution in [0.1, 0.15) is 45.4 Å². The molecular formula is C19H29N3O2. The smallest absolute Gasteiger partial charge is 0.224 e. The predicted molar refractivity (Wildman–Crippen MR) is 93.4 cm³/mol. The highest BCUT2D eigenvalue weighted by Gasteiger charge is 2.39. The van der Waals surface area contributed by atoms with Crippen molar-refractivity contribution in [3.63, 3.8) is 0 Å². The van der Waals surface area contributed by atoms with Gasteiger partial charge in [0.1, 0.15) is 0 Å². The standard InChI is InChI=1S/C19H29N3O2/c1-2-3-12-22-17-8-14-21(15-16(17)6-7-19(22)24)18(23)9-13-20-10-4-5-11-20/h4-5,10-11,16-17H,2-3,6-9,12-15H2,1H3/t16-,17+/m0/s1. The Kier molecular flexibility index (Phi) is 5.59. The number of rotatable bonds is 6. The van der Waals surface area contributed by atoms with Crippen molar-refractivity contribution in [2.45, 2.75) is 58.0 Å². The van der Waals surface area contributed by atoms with Gasteiger partial charge in [-0.3, -0.25) is 9.59 Å². The summed E-state index contributed by atoms with van der Waals surface area (Å²) in [6.07, 6.45) is 9.28. The molecule has 1 aromatic rings. The Morgan fingerprint density at radius 2 is 2.00 bits per heavy atom. The summed E-state index contributed by atoms with van der Waals surface area (Å²) in [7, 11) is 0. The van der Waals surface area contributed by atoms with Crippen LogP contribution in [-0.2, 0) is 16.1 Å². The number of nitrogens with zero attached hydrogens (tertiary/aromatic N) is 3. The summed E-state index contributed by atoms with van der Waals surface area (Å²) in [5.41, 5.74) is 0. The van der Waals surface area contributed by atoms with E-state index >= 15 is 0 Å². The maximum absolute atomic E-state index is 12.5. The van der Waals surface area contributed by atoms with E-state index in [4.69, 9.17) is 0 Å². The van der Waals surface area contributed by atoms with Gasteiger partial charge in [0, 0.05) is 57.5 Å². The largest absolute Gasteiger partial charge is 0.354 e. The van der Waals surface area contributed by atoms with E-state index in [1.807, 2.05) is 29.4 Å². The molecule has 3 heterocycles. The van der Waals surface area contributed by atoms with E-state index in [0.29, 0.717) is 30.7 Å². The molecule has 0 N–H and O–H groups in total. The third-order valence-electron chi connectivity index (χ3n) is 5.50. The minimum absolute atomic E-state index is 0.249. The number of amides is 2. The second-order valence-corrected chi connectivity index (χ2v) is 7.11. The second kappa shape index (κ2) is 7.86. The lowest BCUT2D eigenvalue weighted by molar-refractivity contribution is -0.144. The lowest BCUT2D eigenvalue weighted by Gasteiger charge is -2.47. The van der Waals surface area contributed by atoms with E-state index in [-0.39, 0.29) is 5.91 Å². The van der Waals surface area contributed by atoms with Crippen molar-refractivity contribution in [1.29, 1.82) is 0 Å². The monoisotopic (exact) mass is 331 g/mol. The van der Waals surface area contributed by atoms with Gasteiger partial charge in [-0.2, -0.15) is 0 Å². The van der Waals surface area contributed by atoms with E-state index in [1.165, 1.54) is 0 Å². The van der Waals surface area contributed by atoms with Gasteiger partial charge in [-0.25, -0.2) is 0 Å². The third-order valence-corrected chi connectivity index (χ3v) is 5.50. The molecule has 2 amide bonds. The van der Waals surface area contributed by atoms with Crippen LogP contribution in [0, 0.1) is 5.92 Å². The maximum Gasteiger partial charge on any atom is 0.224 e. The summed E-state index contributed by atoms with van der Waals surface area (Å²) in [6.45, 7) is 5.42. The van der Waals surface area contributed by atoms with Crippen LogP contribution < -0.4 is 0 Å². The SMILES string of the molecule is CCCCN1C(=O)CC[C@H]2CN(C(=O)CCn3cccc3)CC[C@H]21. The fraction of sp³-hybridized carbons (Fsp3) is 0.684. The Morgan fingerprint density at radius 1 is 1.21 bits per heavy atom. The van der Waals surface area contributed by atoms with Crippen molar-refractivity contribution in [3.8, 4) is 0 Å². The molecule has 3 rings (SSSR count). The Balaban J connectivity index is 1.54. The van der Waals surface area contributed by atoms with Crippen molar-refractivity contribution in [3.05, 3.63) is 24.5 Å². The molecule has 5 nitrogen and oxygen atoms in total. The number of likely N-dealkylation sites (tertiary alicyclic amines) is 2. The number of aromatic nitrogens is 1. The number of carbonyl (C=O) groups is 2. The van der Waals surface area contributed by atoms with Crippen LogP contribution in [-0.4, -0.2) is 51.9 Å². The molecule has 2 aliphatic heterocycles. The number of aryl methyl sites for hydroxylation is 1. The molecule has 2 fully saturated rings. The molecule has 132 valence electrons. The fourth-order valence-corrected chi connectivity index (χ4v) is 4.10. The van der Waals surface area contributed by atoms with Gasteiger partial charge in [-0.15, -0.1) is 0 Å². The van der Waals surface area contributed by atoms with Crippen molar-refractivity contribution in [2.24, 2.45) is 5.92 Å².